The molecule has 0 saturated carbocycles. The molecule has 1 aromatic carbocycles. The van der Waals surface area contributed by atoms with Crippen LogP contribution in [0.3, 0.4) is 0 Å². The number of imidazole rings is 1. The molecular formula is C17H19N3O2. The Bertz CT molecular complexity index is 779. The molecule has 1 heterocycles. The summed E-state index contributed by atoms with van der Waals surface area (Å²) in [5.74, 6) is 0.501. The first-order valence-electron chi connectivity index (χ1n) is 7.31. The second kappa shape index (κ2) is 5.09. The van der Waals surface area contributed by atoms with E-state index in [1.54, 1.807) is 6.92 Å². The van der Waals surface area contributed by atoms with Gasteiger partial charge in [-0.1, -0.05) is 26.0 Å². The number of carbonyl (C=O) groups excluding carboxylic acids is 1. The number of fused-ring (bicyclic) bond motifs is 1. The summed E-state index contributed by atoms with van der Waals surface area (Å²) in [6, 6.07) is 7.64. The van der Waals surface area contributed by atoms with Crippen molar-refractivity contribution >= 4 is 28.5 Å². The minimum Gasteiger partial charge on any atom is -0.511 e. The van der Waals surface area contributed by atoms with Crippen LogP contribution in [0.5, 0.6) is 0 Å². The second-order valence-corrected chi connectivity index (χ2v) is 6.54. The summed E-state index contributed by atoms with van der Waals surface area (Å²) in [6.07, 6.45) is 0.903. The van der Waals surface area contributed by atoms with Gasteiger partial charge in [-0.3, -0.25) is 4.79 Å². The summed E-state index contributed by atoms with van der Waals surface area (Å²) in [4.78, 5) is 24.1. The number of H-pyrrole nitrogens is 1. The third-order valence-electron chi connectivity index (χ3n) is 3.86. The van der Waals surface area contributed by atoms with Crippen LogP contribution in [0.2, 0.25) is 0 Å². The van der Waals surface area contributed by atoms with Gasteiger partial charge in [0.15, 0.2) is 5.78 Å². The molecule has 2 aromatic rings. The quantitative estimate of drug-likeness (QED) is 0.826. The van der Waals surface area contributed by atoms with Crippen molar-refractivity contribution < 1.29 is 9.90 Å². The number of carbonyl (C=O) groups is 1. The van der Waals surface area contributed by atoms with E-state index in [2.05, 4.69) is 15.0 Å². The summed E-state index contributed by atoms with van der Waals surface area (Å²) in [6.45, 7) is 5.68. The third-order valence-corrected chi connectivity index (χ3v) is 3.86. The summed E-state index contributed by atoms with van der Waals surface area (Å²) in [7, 11) is 0. The van der Waals surface area contributed by atoms with Crippen molar-refractivity contribution in [2.24, 2.45) is 10.4 Å². The molecule has 5 nitrogen and oxygen atoms in total. The molecule has 0 amide bonds. The number of allylic oxidation sites excluding steroid dienone is 2. The van der Waals surface area contributed by atoms with Crippen molar-refractivity contribution in [2.75, 3.05) is 0 Å². The summed E-state index contributed by atoms with van der Waals surface area (Å²) in [5, 5.41) is 10.2. The van der Waals surface area contributed by atoms with Gasteiger partial charge in [0.1, 0.15) is 5.76 Å². The third kappa shape index (κ3) is 2.66. The van der Waals surface area contributed by atoms with Crippen LogP contribution in [-0.2, 0) is 4.79 Å². The fraction of sp³-hybridized carbons (Fsp3) is 0.353. The predicted molar refractivity (Wildman–Crippen MR) is 86.5 cm³/mol. The molecule has 0 spiro atoms. The summed E-state index contributed by atoms with van der Waals surface area (Å²) < 4.78 is 0. The predicted octanol–water partition coefficient (Wildman–Crippen LogP) is 3.86. The van der Waals surface area contributed by atoms with Crippen molar-refractivity contribution in [1.29, 1.82) is 0 Å². The number of para-hydroxylation sites is 2. The lowest BCUT2D eigenvalue weighted by molar-refractivity contribution is -0.117. The molecule has 0 radical (unpaired) electrons. The van der Waals surface area contributed by atoms with Crippen molar-refractivity contribution in [2.45, 2.75) is 33.6 Å². The first kappa shape index (κ1) is 14.5. The molecule has 0 bridgehead atoms. The number of ketones is 1. The zero-order chi connectivity index (χ0) is 15.9. The minimum absolute atomic E-state index is 0.0638. The Labute approximate surface area is 128 Å². The summed E-state index contributed by atoms with van der Waals surface area (Å²) >= 11 is 0. The average molecular weight is 297 g/mol. The number of benzene rings is 1. The molecule has 22 heavy (non-hydrogen) atoms. The summed E-state index contributed by atoms with van der Waals surface area (Å²) in [5.41, 5.74) is 2.34. The van der Waals surface area contributed by atoms with Crippen LogP contribution in [0.25, 0.3) is 11.0 Å². The highest BCUT2D eigenvalue weighted by Crippen LogP contribution is 2.36. The fourth-order valence-electron chi connectivity index (χ4n) is 2.91. The van der Waals surface area contributed by atoms with Crippen molar-refractivity contribution in [3.8, 4) is 0 Å². The van der Waals surface area contributed by atoms with E-state index in [1.165, 1.54) is 0 Å². The average Bonchev–Trinajstić information content (AvgIpc) is 2.77. The van der Waals surface area contributed by atoms with Gasteiger partial charge in [-0.25, -0.2) is 9.98 Å². The van der Waals surface area contributed by atoms with Crippen LogP contribution in [0.1, 0.15) is 33.6 Å². The number of nitrogens with one attached hydrogen (secondary N) is 1. The van der Waals surface area contributed by atoms with Crippen LogP contribution < -0.4 is 0 Å². The van der Waals surface area contributed by atoms with Crippen molar-refractivity contribution in [3.05, 3.63) is 35.6 Å². The number of aromatic amines is 1. The maximum atomic E-state index is 12.3. The van der Waals surface area contributed by atoms with E-state index in [-0.39, 0.29) is 17.0 Å². The number of aromatic nitrogens is 2. The topological polar surface area (TPSA) is 78.3 Å². The van der Waals surface area contributed by atoms with Gasteiger partial charge >= 0.3 is 0 Å². The van der Waals surface area contributed by atoms with Crippen LogP contribution in [0.4, 0.5) is 5.95 Å². The maximum absolute atomic E-state index is 12.3. The monoisotopic (exact) mass is 297 g/mol. The lowest BCUT2D eigenvalue weighted by Crippen LogP contribution is -2.28. The van der Waals surface area contributed by atoms with Gasteiger partial charge in [-0.15, -0.1) is 0 Å². The van der Waals surface area contributed by atoms with Crippen LogP contribution in [-0.4, -0.2) is 26.6 Å². The normalized spacial score (nSPS) is 19.0. The standard InChI is InChI=1S/C17H19N3O2/c1-10(15-13(21)8-17(2,3)9-14(15)22)18-16-19-11-6-4-5-7-12(11)20-16/h4-7,21H,8-9H2,1-3H3,(H,19,20)/b18-10+. The number of nitrogens with zero attached hydrogens (tertiary/aromatic N) is 2. The van der Waals surface area contributed by atoms with Gasteiger partial charge in [0.25, 0.3) is 0 Å². The highest BCUT2D eigenvalue weighted by atomic mass is 16.3. The molecular weight excluding hydrogens is 278 g/mol. The lowest BCUT2D eigenvalue weighted by Gasteiger charge is -2.29. The van der Waals surface area contributed by atoms with Gasteiger partial charge in [0, 0.05) is 12.8 Å². The first-order valence-corrected chi connectivity index (χ1v) is 7.31. The van der Waals surface area contributed by atoms with E-state index in [9.17, 15) is 9.90 Å². The van der Waals surface area contributed by atoms with Gasteiger partial charge in [-0.05, 0) is 24.5 Å². The molecule has 2 N–H and O–H groups in total. The Hall–Kier alpha value is -2.43. The molecule has 5 heteroatoms. The maximum Gasteiger partial charge on any atom is 0.228 e. The minimum atomic E-state index is -0.204. The first-order chi connectivity index (χ1) is 10.4. The van der Waals surface area contributed by atoms with E-state index in [1.807, 2.05) is 38.1 Å². The molecule has 0 fully saturated rings. The zero-order valence-electron chi connectivity index (χ0n) is 13.0. The molecule has 0 atom stereocenters. The van der Waals surface area contributed by atoms with E-state index >= 15 is 0 Å². The number of aliphatic hydroxyl groups excluding tert-OH is 1. The van der Waals surface area contributed by atoms with Gasteiger partial charge in [0.2, 0.25) is 5.95 Å². The fourth-order valence-corrected chi connectivity index (χ4v) is 2.91. The van der Waals surface area contributed by atoms with Gasteiger partial charge < -0.3 is 10.1 Å². The smallest absolute Gasteiger partial charge is 0.228 e. The number of aliphatic hydroxyl groups is 1. The second-order valence-electron chi connectivity index (χ2n) is 6.54. The van der Waals surface area contributed by atoms with Crippen LogP contribution in [0, 0.1) is 5.41 Å². The zero-order valence-corrected chi connectivity index (χ0v) is 13.0. The molecule has 114 valence electrons. The Balaban J connectivity index is 1.99. The number of rotatable bonds is 2. The highest BCUT2D eigenvalue weighted by molar-refractivity contribution is 6.22. The Morgan fingerprint density at radius 2 is 2.05 bits per heavy atom. The highest BCUT2D eigenvalue weighted by Gasteiger charge is 2.34. The van der Waals surface area contributed by atoms with Gasteiger partial charge in [-0.2, -0.15) is 0 Å². The number of Topliss-reactive ketones (excluding diaryl/α,β-unsaturated/α-hetero) is 1. The lowest BCUT2D eigenvalue weighted by atomic mass is 9.76. The van der Waals surface area contributed by atoms with Crippen molar-refractivity contribution in [3.63, 3.8) is 0 Å². The number of aliphatic imine (C=N–C) groups is 1. The Kier molecular flexibility index (Phi) is 3.35. The van der Waals surface area contributed by atoms with Crippen LogP contribution >= 0.6 is 0 Å². The van der Waals surface area contributed by atoms with Crippen molar-refractivity contribution in [1.82, 2.24) is 9.97 Å². The number of hydrogen-bond acceptors (Lipinski definition) is 4. The molecule has 0 saturated heterocycles. The van der Waals surface area contributed by atoms with E-state index in [4.69, 9.17) is 0 Å². The molecule has 0 unspecified atom stereocenters. The van der Waals surface area contributed by atoms with Gasteiger partial charge in [0.05, 0.1) is 22.3 Å². The number of hydrogen-bond donors (Lipinski definition) is 2. The largest absolute Gasteiger partial charge is 0.511 e. The molecule has 3 rings (SSSR count). The SMILES string of the molecule is C/C(=N\c1nc2ccccc2[nH]1)C1=C(O)CC(C)(C)CC1=O. The molecule has 1 aromatic heterocycles. The van der Waals surface area contributed by atoms with Crippen LogP contribution in [0.15, 0.2) is 40.6 Å². The Morgan fingerprint density at radius 1 is 1.32 bits per heavy atom. The van der Waals surface area contributed by atoms with E-state index in [0.29, 0.717) is 30.1 Å². The molecule has 1 aliphatic rings. The van der Waals surface area contributed by atoms with E-state index < -0.39 is 0 Å². The Morgan fingerprint density at radius 3 is 2.73 bits per heavy atom. The molecule has 1 aliphatic carbocycles. The molecule has 0 aliphatic heterocycles. The van der Waals surface area contributed by atoms with E-state index in [0.717, 1.165) is 11.0 Å².